The zero-order chi connectivity index (χ0) is 14.8. The van der Waals surface area contributed by atoms with Gasteiger partial charge in [0.15, 0.2) is 0 Å². The van der Waals surface area contributed by atoms with Gasteiger partial charge in [-0.1, -0.05) is 11.6 Å². The molecule has 0 amide bonds. The van der Waals surface area contributed by atoms with Crippen LogP contribution in [0.25, 0.3) is 0 Å². The lowest BCUT2D eigenvalue weighted by Crippen LogP contribution is -2.14. The van der Waals surface area contributed by atoms with Gasteiger partial charge in [0.1, 0.15) is 0 Å². The van der Waals surface area contributed by atoms with Crippen LogP contribution >= 0.6 is 11.6 Å². The largest absolute Gasteiger partial charge is 0.388 e. The Kier molecular flexibility index (Phi) is 4.20. The molecule has 0 saturated carbocycles. The summed E-state index contributed by atoms with van der Waals surface area (Å²) in [6.45, 7) is 1.71. The van der Waals surface area contributed by atoms with Crippen LogP contribution in [0, 0.1) is 6.92 Å². The van der Waals surface area contributed by atoms with E-state index in [0.29, 0.717) is 16.3 Å². The van der Waals surface area contributed by atoms with E-state index in [1.54, 1.807) is 50.4 Å². The number of halogens is 1. The summed E-state index contributed by atoms with van der Waals surface area (Å²) in [7, 11) is -1.81. The maximum absolute atomic E-state index is 12.3. The molecule has 0 aromatic heterocycles. The van der Waals surface area contributed by atoms with Crippen molar-refractivity contribution in [2.75, 3.05) is 17.1 Å². The maximum atomic E-state index is 12.3. The molecule has 0 aliphatic carbocycles. The van der Waals surface area contributed by atoms with Crippen molar-refractivity contribution in [1.82, 2.24) is 0 Å². The molecule has 0 fully saturated rings. The third-order valence-electron chi connectivity index (χ3n) is 2.85. The minimum Gasteiger partial charge on any atom is -0.388 e. The second kappa shape index (κ2) is 5.73. The lowest BCUT2D eigenvalue weighted by Gasteiger charge is -2.11. The van der Waals surface area contributed by atoms with Crippen LogP contribution < -0.4 is 10.0 Å². The van der Waals surface area contributed by atoms with Gasteiger partial charge in [-0.2, -0.15) is 0 Å². The molecule has 20 heavy (non-hydrogen) atoms. The Morgan fingerprint density at radius 1 is 1.00 bits per heavy atom. The molecular formula is C14H15ClN2O2S. The van der Waals surface area contributed by atoms with Gasteiger partial charge in [0, 0.05) is 23.4 Å². The normalized spacial score (nSPS) is 11.2. The topological polar surface area (TPSA) is 58.2 Å². The Morgan fingerprint density at radius 3 is 2.15 bits per heavy atom. The molecule has 0 atom stereocenters. The predicted octanol–water partition coefficient (Wildman–Crippen LogP) is 3.49. The third kappa shape index (κ3) is 3.23. The van der Waals surface area contributed by atoms with Crippen molar-refractivity contribution in [3.63, 3.8) is 0 Å². The number of anilines is 2. The van der Waals surface area contributed by atoms with Crippen molar-refractivity contribution in [1.29, 1.82) is 0 Å². The smallest absolute Gasteiger partial charge is 0.262 e. The van der Waals surface area contributed by atoms with Crippen molar-refractivity contribution in [3.8, 4) is 0 Å². The van der Waals surface area contributed by atoms with E-state index < -0.39 is 10.0 Å². The Balaban J connectivity index is 2.30. The van der Waals surface area contributed by atoms with Gasteiger partial charge in [-0.15, -0.1) is 0 Å². The highest BCUT2D eigenvalue weighted by molar-refractivity contribution is 7.92. The average Bonchev–Trinajstić information content (AvgIpc) is 2.38. The van der Waals surface area contributed by atoms with E-state index in [9.17, 15) is 8.42 Å². The van der Waals surface area contributed by atoms with Gasteiger partial charge < -0.3 is 5.32 Å². The average molecular weight is 311 g/mol. The first kappa shape index (κ1) is 14.7. The summed E-state index contributed by atoms with van der Waals surface area (Å²) in [5.74, 6) is 0. The molecule has 0 radical (unpaired) electrons. The van der Waals surface area contributed by atoms with E-state index in [4.69, 9.17) is 11.6 Å². The summed E-state index contributed by atoms with van der Waals surface area (Å²) in [5, 5.41) is 3.49. The quantitative estimate of drug-likeness (QED) is 0.909. The first-order chi connectivity index (χ1) is 9.42. The van der Waals surface area contributed by atoms with Crippen molar-refractivity contribution in [3.05, 3.63) is 53.1 Å². The van der Waals surface area contributed by atoms with E-state index in [2.05, 4.69) is 10.0 Å². The molecule has 2 aromatic rings. The molecule has 4 nitrogen and oxygen atoms in total. The van der Waals surface area contributed by atoms with E-state index in [1.165, 1.54) is 6.07 Å². The number of benzene rings is 2. The highest BCUT2D eigenvalue weighted by Gasteiger charge is 2.16. The number of sulfonamides is 1. The summed E-state index contributed by atoms with van der Waals surface area (Å²) in [6.07, 6.45) is 0. The van der Waals surface area contributed by atoms with Crippen molar-refractivity contribution in [2.45, 2.75) is 11.8 Å². The third-order valence-corrected chi connectivity index (χ3v) is 4.63. The number of aryl methyl sites for hydroxylation is 1. The highest BCUT2D eigenvalue weighted by Crippen LogP contribution is 2.23. The van der Waals surface area contributed by atoms with Gasteiger partial charge in [0.25, 0.3) is 10.0 Å². The van der Waals surface area contributed by atoms with Crippen LogP contribution in [0.4, 0.5) is 11.4 Å². The van der Waals surface area contributed by atoms with Crippen molar-refractivity contribution < 1.29 is 8.42 Å². The SMILES string of the molecule is CNc1ccc(NS(=O)(=O)c2ccc(Cl)cc2C)cc1. The van der Waals surface area contributed by atoms with Crippen LogP contribution in [-0.2, 0) is 10.0 Å². The second-order valence-electron chi connectivity index (χ2n) is 4.34. The molecule has 2 rings (SSSR count). The van der Waals surface area contributed by atoms with E-state index >= 15 is 0 Å². The van der Waals surface area contributed by atoms with E-state index in [0.717, 1.165) is 5.69 Å². The van der Waals surface area contributed by atoms with Crippen LogP contribution in [-0.4, -0.2) is 15.5 Å². The summed E-state index contributed by atoms with van der Waals surface area (Å²) in [4.78, 5) is 0.222. The Bertz CT molecular complexity index is 712. The molecule has 0 aliphatic rings. The fourth-order valence-corrected chi connectivity index (χ4v) is 3.34. The van der Waals surface area contributed by atoms with Crippen LogP contribution in [0.1, 0.15) is 5.56 Å². The number of rotatable bonds is 4. The number of hydrogen-bond donors (Lipinski definition) is 2. The van der Waals surface area contributed by atoms with Gasteiger partial charge in [0.05, 0.1) is 4.90 Å². The van der Waals surface area contributed by atoms with Gasteiger partial charge in [0.2, 0.25) is 0 Å². The molecule has 0 heterocycles. The van der Waals surface area contributed by atoms with Crippen LogP contribution in [0.15, 0.2) is 47.4 Å². The minimum atomic E-state index is -3.61. The summed E-state index contributed by atoms with van der Waals surface area (Å²) in [5.41, 5.74) is 2.03. The van der Waals surface area contributed by atoms with Crippen molar-refractivity contribution in [2.24, 2.45) is 0 Å². The van der Waals surface area contributed by atoms with Crippen LogP contribution in [0.3, 0.4) is 0 Å². The first-order valence-electron chi connectivity index (χ1n) is 5.99. The van der Waals surface area contributed by atoms with Gasteiger partial charge in [-0.05, 0) is 55.0 Å². The van der Waals surface area contributed by atoms with Gasteiger partial charge in [-0.25, -0.2) is 8.42 Å². The molecule has 2 N–H and O–H groups in total. The molecule has 2 aromatic carbocycles. The maximum Gasteiger partial charge on any atom is 0.262 e. The summed E-state index contributed by atoms with van der Waals surface area (Å²) < 4.78 is 27.2. The van der Waals surface area contributed by atoms with E-state index in [1.807, 2.05) is 0 Å². The molecular weight excluding hydrogens is 296 g/mol. The monoisotopic (exact) mass is 310 g/mol. The Labute approximate surface area is 123 Å². The van der Waals surface area contributed by atoms with Gasteiger partial charge in [-0.3, -0.25) is 4.72 Å². The summed E-state index contributed by atoms with van der Waals surface area (Å²) >= 11 is 5.84. The molecule has 0 unspecified atom stereocenters. The Morgan fingerprint density at radius 2 is 1.60 bits per heavy atom. The molecule has 6 heteroatoms. The zero-order valence-corrected chi connectivity index (χ0v) is 12.7. The Hall–Kier alpha value is -1.72. The fourth-order valence-electron chi connectivity index (χ4n) is 1.83. The number of nitrogens with one attached hydrogen (secondary N) is 2. The second-order valence-corrected chi connectivity index (χ2v) is 6.43. The molecule has 0 aliphatic heterocycles. The standard InChI is InChI=1S/C14H15ClN2O2S/c1-10-9-11(15)3-8-14(10)20(18,19)17-13-6-4-12(16-2)5-7-13/h3-9,16-17H,1-2H3. The minimum absolute atomic E-state index is 0.222. The molecule has 106 valence electrons. The molecule has 0 saturated heterocycles. The lowest BCUT2D eigenvalue weighted by atomic mass is 10.2. The van der Waals surface area contributed by atoms with Crippen molar-refractivity contribution >= 4 is 33.0 Å². The molecule has 0 spiro atoms. The first-order valence-corrected chi connectivity index (χ1v) is 7.85. The fraction of sp³-hybridized carbons (Fsp3) is 0.143. The zero-order valence-electron chi connectivity index (χ0n) is 11.1. The van der Waals surface area contributed by atoms with Crippen LogP contribution in [0.5, 0.6) is 0 Å². The lowest BCUT2D eigenvalue weighted by molar-refractivity contribution is 0.600. The van der Waals surface area contributed by atoms with E-state index in [-0.39, 0.29) is 4.90 Å². The summed E-state index contributed by atoms with van der Waals surface area (Å²) in [6, 6.07) is 11.7. The molecule has 0 bridgehead atoms. The van der Waals surface area contributed by atoms with Gasteiger partial charge >= 0.3 is 0 Å². The number of hydrogen-bond acceptors (Lipinski definition) is 3. The van der Waals surface area contributed by atoms with Crippen LogP contribution in [0.2, 0.25) is 5.02 Å². The highest BCUT2D eigenvalue weighted by atomic mass is 35.5. The predicted molar refractivity (Wildman–Crippen MR) is 83.0 cm³/mol.